The summed E-state index contributed by atoms with van der Waals surface area (Å²) in [6.45, 7) is 1.93. The van der Waals surface area contributed by atoms with Crippen LogP contribution < -0.4 is 4.74 Å². The van der Waals surface area contributed by atoms with E-state index in [4.69, 9.17) is 4.74 Å². The average molecular weight is 254 g/mol. The summed E-state index contributed by atoms with van der Waals surface area (Å²) in [7, 11) is 0. The second-order valence-electron chi connectivity index (χ2n) is 4.25. The second-order valence-corrected chi connectivity index (χ2v) is 4.25. The summed E-state index contributed by atoms with van der Waals surface area (Å²) >= 11 is 0. The SMILES string of the molecule is Cc1ccccc1Oc1ccc2c(c1)C(=O)OC2=O. The molecular weight excluding hydrogens is 244 g/mol. The van der Waals surface area contributed by atoms with Gasteiger partial charge in [-0.1, -0.05) is 18.2 Å². The van der Waals surface area contributed by atoms with Gasteiger partial charge in [0.15, 0.2) is 0 Å². The minimum Gasteiger partial charge on any atom is -0.457 e. The Morgan fingerprint density at radius 1 is 0.947 bits per heavy atom. The third kappa shape index (κ3) is 1.97. The number of ether oxygens (including phenoxy) is 2. The number of fused-ring (bicyclic) bond motifs is 1. The number of carbonyl (C=O) groups excluding carboxylic acids is 2. The highest BCUT2D eigenvalue weighted by molar-refractivity contribution is 6.14. The Balaban J connectivity index is 1.96. The molecule has 1 aliphatic rings. The predicted molar refractivity (Wildman–Crippen MR) is 67.4 cm³/mol. The van der Waals surface area contributed by atoms with E-state index < -0.39 is 11.9 Å². The average Bonchev–Trinajstić information content (AvgIpc) is 2.68. The van der Waals surface area contributed by atoms with Crippen molar-refractivity contribution >= 4 is 11.9 Å². The monoisotopic (exact) mass is 254 g/mol. The third-order valence-corrected chi connectivity index (χ3v) is 2.94. The van der Waals surface area contributed by atoms with Crippen molar-refractivity contribution in [3.05, 3.63) is 59.2 Å². The highest BCUT2D eigenvalue weighted by Crippen LogP contribution is 2.29. The molecule has 3 rings (SSSR count). The first-order valence-electron chi connectivity index (χ1n) is 5.79. The van der Waals surface area contributed by atoms with Gasteiger partial charge in [0.25, 0.3) is 0 Å². The van der Waals surface area contributed by atoms with Gasteiger partial charge in [-0.15, -0.1) is 0 Å². The highest BCUT2D eigenvalue weighted by Gasteiger charge is 2.29. The lowest BCUT2D eigenvalue weighted by molar-refractivity contribution is 0.0443. The van der Waals surface area contributed by atoms with E-state index in [1.165, 1.54) is 12.1 Å². The normalized spacial score (nSPS) is 13.1. The number of carbonyl (C=O) groups is 2. The summed E-state index contributed by atoms with van der Waals surface area (Å²) in [5.74, 6) is -0.0301. The number of hydrogen-bond donors (Lipinski definition) is 0. The lowest BCUT2D eigenvalue weighted by Gasteiger charge is -2.08. The maximum atomic E-state index is 11.4. The van der Waals surface area contributed by atoms with Gasteiger partial charge in [-0.3, -0.25) is 0 Å². The first-order chi connectivity index (χ1) is 9.15. The summed E-state index contributed by atoms with van der Waals surface area (Å²) in [6, 6.07) is 12.3. The Bertz CT molecular complexity index is 688. The zero-order chi connectivity index (χ0) is 13.4. The fourth-order valence-corrected chi connectivity index (χ4v) is 1.93. The molecule has 4 nitrogen and oxygen atoms in total. The molecule has 4 heteroatoms. The largest absolute Gasteiger partial charge is 0.457 e. The molecule has 0 atom stereocenters. The summed E-state index contributed by atoms with van der Waals surface area (Å²) < 4.78 is 10.2. The van der Waals surface area contributed by atoms with E-state index in [-0.39, 0.29) is 11.1 Å². The fraction of sp³-hybridized carbons (Fsp3) is 0.0667. The van der Waals surface area contributed by atoms with Crippen LogP contribution in [0.5, 0.6) is 11.5 Å². The van der Waals surface area contributed by atoms with E-state index in [2.05, 4.69) is 4.74 Å². The number of esters is 2. The van der Waals surface area contributed by atoms with Crippen LogP contribution in [0.1, 0.15) is 26.3 Å². The summed E-state index contributed by atoms with van der Waals surface area (Å²) in [4.78, 5) is 22.8. The van der Waals surface area contributed by atoms with Crippen molar-refractivity contribution in [1.29, 1.82) is 0 Å². The lowest BCUT2D eigenvalue weighted by Crippen LogP contribution is -1.96. The Hall–Kier alpha value is -2.62. The molecule has 1 aliphatic heterocycles. The fourth-order valence-electron chi connectivity index (χ4n) is 1.93. The smallest absolute Gasteiger partial charge is 0.347 e. The van der Waals surface area contributed by atoms with Crippen LogP contribution in [-0.2, 0) is 4.74 Å². The summed E-state index contributed by atoms with van der Waals surface area (Å²) in [5.41, 5.74) is 1.51. The van der Waals surface area contributed by atoms with Crippen molar-refractivity contribution < 1.29 is 19.1 Å². The molecule has 0 saturated heterocycles. The molecule has 0 N–H and O–H groups in total. The molecule has 0 amide bonds. The molecule has 0 fully saturated rings. The number of cyclic esters (lactones) is 2. The van der Waals surface area contributed by atoms with Gasteiger partial charge >= 0.3 is 11.9 Å². The van der Waals surface area contributed by atoms with Crippen molar-refractivity contribution in [1.82, 2.24) is 0 Å². The number of hydrogen-bond acceptors (Lipinski definition) is 4. The Morgan fingerprint density at radius 2 is 1.68 bits per heavy atom. The molecule has 2 aromatic rings. The first kappa shape index (κ1) is 11.5. The van der Waals surface area contributed by atoms with Gasteiger partial charge in [0.1, 0.15) is 11.5 Å². The standard InChI is InChI=1S/C15H10O4/c1-9-4-2-3-5-13(9)18-10-6-7-11-12(8-10)15(17)19-14(11)16/h2-8H,1H3. The van der Waals surface area contributed by atoms with Crippen LogP contribution >= 0.6 is 0 Å². The predicted octanol–water partition coefficient (Wildman–Crippen LogP) is 3.10. The molecule has 1 heterocycles. The maximum absolute atomic E-state index is 11.4. The van der Waals surface area contributed by atoms with Crippen molar-refractivity contribution in [2.75, 3.05) is 0 Å². The molecule has 0 unspecified atom stereocenters. The zero-order valence-electron chi connectivity index (χ0n) is 10.2. The van der Waals surface area contributed by atoms with Crippen LogP contribution in [-0.4, -0.2) is 11.9 Å². The molecule has 0 spiro atoms. The number of aryl methyl sites for hydroxylation is 1. The minimum atomic E-state index is -0.629. The maximum Gasteiger partial charge on any atom is 0.347 e. The van der Waals surface area contributed by atoms with E-state index in [0.29, 0.717) is 11.5 Å². The van der Waals surface area contributed by atoms with Crippen molar-refractivity contribution in [3.8, 4) is 11.5 Å². The molecule has 19 heavy (non-hydrogen) atoms. The number of benzene rings is 2. The highest BCUT2D eigenvalue weighted by atomic mass is 16.6. The van der Waals surface area contributed by atoms with Crippen LogP contribution in [0.15, 0.2) is 42.5 Å². The Kier molecular flexibility index (Phi) is 2.56. The van der Waals surface area contributed by atoms with Crippen molar-refractivity contribution in [3.63, 3.8) is 0 Å². The summed E-state index contributed by atoms with van der Waals surface area (Å²) in [5, 5.41) is 0. The Morgan fingerprint density at radius 3 is 2.47 bits per heavy atom. The quantitative estimate of drug-likeness (QED) is 0.610. The molecular formula is C15H10O4. The molecule has 94 valence electrons. The number of rotatable bonds is 2. The molecule has 0 saturated carbocycles. The molecule has 0 radical (unpaired) electrons. The van der Waals surface area contributed by atoms with E-state index in [9.17, 15) is 9.59 Å². The lowest BCUT2D eigenvalue weighted by atomic mass is 10.1. The van der Waals surface area contributed by atoms with Crippen LogP contribution in [0.2, 0.25) is 0 Å². The van der Waals surface area contributed by atoms with Gasteiger partial charge in [-0.05, 0) is 36.8 Å². The van der Waals surface area contributed by atoms with E-state index >= 15 is 0 Å². The first-order valence-corrected chi connectivity index (χ1v) is 5.79. The molecule has 0 aliphatic carbocycles. The van der Waals surface area contributed by atoms with E-state index in [1.54, 1.807) is 6.07 Å². The Labute approximate surface area is 109 Å². The topological polar surface area (TPSA) is 52.6 Å². The second kappa shape index (κ2) is 4.24. The van der Waals surface area contributed by atoms with E-state index in [0.717, 1.165) is 5.56 Å². The van der Waals surface area contributed by atoms with Crippen LogP contribution in [0, 0.1) is 6.92 Å². The summed E-state index contributed by atoms with van der Waals surface area (Å²) in [6.07, 6.45) is 0. The molecule has 2 aromatic carbocycles. The third-order valence-electron chi connectivity index (χ3n) is 2.94. The number of para-hydroxylation sites is 1. The van der Waals surface area contributed by atoms with Gasteiger partial charge in [0.2, 0.25) is 0 Å². The van der Waals surface area contributed by atoms with E-state index in [1.807, 2.05) is 31.2 Å². The zero-order valence-corrected chi connectivity index (χ0v) is 10.2. The molecule has 0 aromatic heterocycles. The van der Waals surface area contributed by atoms with Crippen molar-refractivity contribution in [2.24, 2.45) is 0 Å². The van der Waals surface area contributed by atoms with Crippen LogP contribution in [0.3, 0.4) is 0 Å². The van der Waals surface area contributed by atoms with Crippen LogP contribution in [0.25, 0.3) is 0 Å². The van der Waals surface area contributed by atoms with Gasteiger partial charge in [-0.25, -0.2) is 9.59 Å². The molecule has 0 bridgehead atoms. The van der Waals surface area contributed by atoms with Gasteiger partial charge in [-0.2, -0.15) is 0 Å². The van der Waals surface area contributed by atoms with Crippen LogP contribution in [0.4, 0.5) is 0 Å². The minimum absolute atomic E-state index is 0.246. The van der Waals surface area contributed by atoms with Crippen molar-refractivity contribution in [2.45, 2.75) is 6.92 Å². The van der Waals surface area contributed by atoms with Gasteiger partial charge < -0.3 is 9.47 Å². The van der Waals surface area contributed by atoms with Gasteiger partial charge in [0.05, 0.1) is 11.1 Å². The van der Waals surface area contributed by atoms with Gasteiger partial charge in [0, 0.05) is 0 Å².